The van der Waals surface area contributed by atoms with Crippen molar-refractivity contribution in [1.82, 2.24) is 0 Å². The number of hydrogen-bond acceptors (Lipinski definition) is 2. The lowest BCUT2D eigenvalue weighted by Gasteiger charge is -2.51. The summed E-state index contributed by atoms with van der Waals surface area (Å²) in [5.41, 5.74) is 1.75. The first-order valence-electron chi connectivity index (χ1n) is 8.56. The van der Waals surface area contributed by atoms with E-state index >= 15 is 0 Å². The maximum absolute atomic E-state index is 6.27. The fourth-order valence-corrected chi connectivity index (χ4v) is 10.2. The van der Waals surface area contributed by atoms with Crippen molar-refractivity contribution in [3.05, 3.63) is 0 Å². The molecule has 2 aliphatic carbocycles. The molecule has 0 radical (unpaired) electrons. The molecule has 2 nitrogen and oxygen atoms in total. The van der Waals surface area contributed by atoms with E-state index in [1.807, 2.05) is 14.2 Å². The van der Waals surface area contributed by atoms with Gasteiger partial charge in [0.1, 0.15) is 0 Å². The highest BCUT2D eigenvalue weighted by atomic mass is 28.4. The lowest BCUT2D eigenvalue weighted by Crippen LogP contribution is -2.55. The topological polar surface area (TPSA) is 18.5 Å². The van der Waals surface area contributed by atoms with E-state index in [4.69, 9.17) is 8.85 Å². The van der Waals surface area contributed by atoms with Crippen LogP contribution in [-0.4, -0.2) is 22.8 Å². The van der Waals surface area contributed by atoms with Crippen LogP contribution in [0.1, 0.15) is 72.1 Å². The first-order valence-corrected chi connectivity index (χ1v) is 10.5. The largest absolute Gasteiger partial charge is 0.397 e. The van der Waals surface area contributed by atoms with E-state index < -0.39 is 8.56 Å². The summed E-state index contributed by atoms with van der Waals surface area (Å²) in [7, 11) is 1.74. The van der Waals surface area contributed by atoms with E-state index in [0.29, 0.717) is 16.5 Å². The molecule has 2 saturated carbocycles. The molecule has 0 bridgehead atoms. The first-order chi connectivity index (χ1) is 9.46. The lowest BCUT2D eigenvalue weighted by atomic mass is 9.77. The standard InChI is InChI=1S/C17H34O2Si/c1-14-9-8-10-15(13-14)20(18-4,19-5)16-11-6-7-12-17(16,2)3/h14-16H,6-13H2,1-5H3. The zero-order valence-corrected chi connectivity index (χ0v) is 15.2. The summed E-state index contributed by atoms with van der Waals surface area (Å²) < 4.78 is 12.5. The Morgan fingerprint density at radius 2 is 1.65 bits per heavy atom. The quantitative estimate of drug-likeness (QED) is 0.658. The van der Waals surface area contributed by atoms with Gasteiger partial charge in [-0.25, -0.2) is 0 Å². The predicted octanol–water partition coefficient (Wildman–Crippen LogP) is 5.27. The SMILES string of the molecule is CO[Si](OC)(C1CCCC(C)C1)C1CCCCC1(C)C. The summed E-state index contributed by atoms with van der Waals surface area (Å²) >= 11 is 0. The van der Waals surface area contributed by atoms with Crippen molar-refractivity contribution in [1.29, 1.82) is 0 Å². The van der Waals surface area contributed by atoms with Crippen molar-refractivity contribution in [2.24, 2.45) is 11.3 Å². The molecule has 0 saturated heterocycles. The van der Waals surface area contributed by atoms with Crippen molar-refractivity contribution in [2.45, 2.75) is 83.2 Å². The van der Waals surface area contributed by atoms with Gasteiger partial charge in [-0.15, -0.1) is 0 Å². The predicted molar refractivity (Wildman–Crippen MR) is 87.2 cm³/mol. The highest BCUT2D eigenvalue weighted by Crippen LogP contribution is 2.56. The first kappa shape index (κ1) is 16.5. The van der Waals surface area contributed by atoms with E-state index in [2.05, 4.69) is 20.8 Å². The number of hydrogen-bond donors (Lipinski definition) is 0. The normalized spacial score (nSPS) is 35.0. The monoisotopic (exact) mass is 298 g/mol. The maximum atomic E-state index is 6.27. The molecule has 2 aliphatic rings. The van der Waals surface area contributed by atoms with Crippen LogP contribution in [0.2, 0.25) is 11.1 Å². The molecule has 0 N–H and O–H groups in total. The van der Waals surface area contributed by atoms with Gasteiger partial charge in [-0.05, 0) is 37.0 Å². The Kier molecular flexibility index (Phi) is 5.36. The van der Waals surface area contributed by atoms with Crippen LogP contribution in [0.15, 0.2) is 0 Å². The Labute approximate surface area is 126 Å². The van der Waals surface area contributed by atoms with Gasteiger partial charge in [0.05, 0.1) is 0 Å². The van der Waals surface area contributed by atoms with Gasteiger partial charge in [-0.1, -0.05) is 46.5 Å². The second-order valence-corrected chi connectivity index (χ2v) is 11.7. The minimum atomic E-state index is -2.12. The Morgan fingerprint density at radius 3 is 2.20 bits per heavy atom. The van der Waals surface area contributed by atoms with Gasteiger partial charge in [0, 0.05) is 25.3 Å². The second-order valence-electron chi connectivity index (χ2n) is 7.89. The van der Waals surface area contributed by atoms with Crippen LogP contribution in [-0.2, 0) is 8.85 Å². The molecule has 3 unspecified atom stereocenters. The molecule has 118 valence electrons. The molecule has 20 heavy (non-hydrogen) atoms. The highest BCUT2D eigenvalue weighted by molar-refractivity contribution is 6.70. The summed E-state index contributed by atoms with van der Waals surface area (Å²) in [6, 6.07) is 0. The average Bonchev–Trinajstić information content (AvgIpc) is 2.42. The van der Waals surface area contributed by atoms with Gasteiger partial charge in [-0.3, -0.25) is 0 Å². The summed E-state index contributed by atoms with van der Waals surface area (Å²) in [5, 5.41) is 0. The molecule has 0 aliphatic heterocycles. The summed E-state index contributed by atoms with van der Waals surface area (Å²) in [6.45, 7) is 7.30. The fourth-order valence-electron chi connectivity index (χ4n) is 5.03. The van der Waals surface area contributed by atoms with Gasteiger partial charge in [-0.2, -0.15) is 0 Å². The molecule has 3 heteroatoms. The minimum Gasteiger partial charge on any atom is -0.397 e. The second kappa shape index (κ2) is 6.49. The Morgan fingerprint density at radius 1 is 0.950 bits per heavy atom. The minimum absolute atomic E-state index is 0.386. The van der Waals surface area contributed by atoms with Crippen LogP contribution < -0.4 is 0 Å². The van der Waals surface area contributed by atoms with Crippen LogP contribution in [0.3, 0.4) is 0 Å². The lowest BCUT2D eigenvalue weighted by molar-refractivity contribution is 0.137. The zero-order valence-electron chi connectivity index (χ0n) is 14.2. The molecule has 0 aromatic carbocycles. The van der Waals surface area contributed by atoms with Crippen LogP contribution in [0.5, 0.6) is 0 Å². The van der Waals surface area contributed by atoms with E-state index in [0.717, 1.165) is 5.92 Å². The van der Waals surface area contributed by atoms with Crippen molar-refractivity contribution in [3.8, 4) is 0 Å². The van der Waals surface area contributed by atoms with Crippen molar-refractivity contribution in [3.63, 3.8) is 0 Å². The van der Waals surface area contributed by atoms with Gasteiger partial charge in [0.25, 0.3) is 0 Å². The molecule has 0 amide bonds. The van der Waals surface area contributed by atoms with Crippen molar-refractivity contribution in [2.75, 3.05) is 14.2 Å². The molecule has 0 aromatic heterocycles. The third-order valence-electron chi connectivity index (χ3n) is 6.14. The van der Waals surface area contributed by atoms with Crippen LogP contribution in [0, 0.1) is 11.3 Å². The summed E-state index contributed by atoms with van der Waals surface area (Å²) in [6.07, 6.45) is 10.8. The zero-order chi connectivity index (χ0) is 14.8. The molecule has 0 heterocycles. The van der Waals surface area contributed by atoms with Gasteiger partial charge in [0.15, 0.2) is 0 Å². The molecule has 2 rings (SSSR count). The van der Waals surface area contributed by atoms with Crippen LogP contribution in [0.25, 0.3) is 0 Å². The Hall–Kier alpha value is 0.137. The van der Waals surface area contributed by atoms with Gasteiger partial charge < -0.3 is 8.85 Å². The van der Waals surface area contributed by atoms with E-state index in [9.17, 15) is 0 Å². The maximum Gasteiger partial charge on any atom is 0.344 e. The van der Waals surface area contributed by atoms with Crippen LogP contribution in [0.4, 0.5) is 0 Å². The van der Waals surface area contributed by atoms with E-state index in [1.54, 1.807) is 0 Å². The molecular formula is C17H34O2Si. The van der Waals surface area contributed by atoms with Crippen LogP contribution >= 0.6 is 0 Å². The highest BCUT2D eigenvalue weighted by Gasteiger charge is 2.56. The Balaban J connectivity index is 2.27. The van der Waals surface area contributed by atoms with Crippen molar-refractivity contribution >= 4 is 8.56 Å². The molecule has 2 fully saturated rings. The van der Waals surface area contributed by atoms with E-state index in [1.165, 1.54) is 51.4 Å². The van der Waals surface area contributed by atoms with Gasteiger partial charge in [0.2, 0.25) is 0 Å². The molecule has 3 atom stereocenters. The average molecular weight is 299 g/mol. The fraction of sp³-hybridized carbons (Fsp3) is 1.00. The third-order valence-corrected chi connectivity index (χ3v) is 11.1. The summed E-state index contributed by atoms with van der Waals surface area (Å²) in [4.78, 5) is 0. The summed E-state index contributed by atoms with van der Waals surface area (Å²) in [5.74, 6) is 0.845. The molecular weight excluding hydrogens is 264 g/mol. The van der Waals surface area contributed by atoms with E-state index in [-0.39, 0.29) is 0 Å². The number of rotatable bonds is 4. The molecule has 0 aromatic rings. The molecule has 0 spiro atoms. The van der Waals surface area contributed by atoms with Crippen molar-refractivity contribution < 1.29 is 8.85 Å². The third kappa shape index (κ3) is 3.00. The van der Waals surface area contributed by atoms with Gasteiger partial charge >= 0.3 is 8.56 Å². The smallest absolute Gasteiger partial charge is 0.344 e. The Bertz CT molecular complexity index is 312.